The van der Waals surface area contributed by atoms with E-state index in [1.54, 1.807) is 0 Å². The van der Waals surface area contributed by atoms with E-state index in [9.17, 15) is 5.11 Å². The van der Waals surface area contributed by atoms with Gasteiger partial charge >= 0.3 is 0 Å². The molecule has 11 heavy (non-hydrogen) atoms. The maximum Gasteiger partial charge on any atom is 0.0587 e. The fourth-order valence-corrected chi connectivity index (χ4v) is 0.718. The van der Waals surface area contributed by atoms with Gasteiger partial charge in [0.15, 0.2) is 0 Å². The van der Waals surface area contributed by atoms with Crippen LogP contribution in [0.15, 0.2) is 0 Å². The summed E-state index contributed by atoms with van der Waals surface area (Å²) in [6.07, 6.45) is 0.546. The average molecular weight is 191 g/mol. The normalized spacial score (nSPS) is 15.8. The SMILES string of the molecule is CCC(O)CC(O)C(C)C.[Sc]. The Morgan fingerprint density at radius 2 is 1.64 bits per heavy atom. The molecule has 2 atom stereocenters. The van der Waals surface area contributed by atoms with Gasteiger partial charge in [-0.3, -0.25) is 0 Å². The van der Waals surface area contributed by atoms with Crippen LogP contribution in [0.4, 0.5) is 0 Å². The zero-order valence-electron chi connectivity index (χ0n) is 7.62. The zero-order chi connectivity index (χ0) is 8.15. The second-order valence-corrected chi connectivity index (χ2v) is 3.11. The Morgan fingerprint density at radius 3 is 1.91 bits per heavy atom. The monoisotopic (exact) mass is 191 g/mol. The Hall–Kier alpha value is 0.790. The fourth-order valence-electron chi connectivity index (χ4n) is 0.718. The molecule has 2 N–H and O–H groups in total. The van der Waals surface area contributed by atoms with Gasteiger partial charge in [-0.2, -0.15) is 0 Å². The van der Waals surface area contributed by atoms with E-state index in [-0.39, 0.29) is 44.0 Å². The molecule has 3 heteroatoms. The van der Waals surface area contributed by atoms with E-state index in [0.29, 0.717) is 6.42 Å². The predicted octanol–water partition coefficient (Wildman–Crippen LogP) is 1.16. The van der Waals surface area contributed by atoms with Crippen LogP contribution in [0, 0.1) is 5.92 Å². The smallest absolute Gasteiger partial charge is 0.0587 e. The fraction of sp³-hybridized carbons (Fsp3) is 1.00. The molecule has 0 heterocycles. The second-order valence-electron chi connectivity index (χ2n) is 3.11. The van der Waals surface area contributed by atoms with Crippen LogP contribution in [-0.4, -0.2) is 22.4 Å². The van der Waals surface area contributed by atoms with E-state index in [1.807, 2.05) is 20.8 Å². The minimum atomic E-state index is -0.352. The van der Waals surface area contributed by atoms with E-state index in [0.717, 1.165) is 6.42 Å². The maximum absolute atomic E-state index is 9.27. The Morgan fingerprint density at radius 1 is 1.18 bits per heavy atom. The molecular weight excluding hydrogens is 173 g/mol. The second kappa shape index (κ2) is 7.44. The molecule has 0 aliphatic carbocycles. The Labute approximate surface area is 87.8 Å². The van der Waals surface area contributed by atoms with Crippen LogP contribution in [0.1, 0.15) is 33.6 Å². The van der Waals surface area contributed by atoms with Crippen molar-refractivity contribution in [3.05, 3.63) is 0 Å². The molecule has 1 radical (unpaired) electrons. The summed E-state index contributed by atoms with van der Waals surface area (Å²) >= 11 is 0. The third kappa shape index (κ3) is 7.16. The van der Waals surface area contributed by atoms with Crippen LogP contribution < -0.4 is 0 Å². The molecule has 65 valence electrons. The molecule has 0 aliphatic rings. The topological polar surface area (TPSA) is 40.5 Å². The molecule has 0 amide bonds. The van der Waals surface area contributed by atoms with Crippen molar-refractivity contribution in [2.24, 2.45) is 5.92 Å². The van der Waals surface area contributed by atoms with Crippen LogP contribution in [0.25, 0.3) is 0 Å². The molecule has 0 fully saturated rings. The summed E-state index contributed by atoms with van der Waals surface area (Å²) in [6.45, 7) is 5.82. The third-order valence-electron chi connectivity index (χ3n) is 1.75. The minimum absolute atomic E-state index is 0. The largest absolute Gasteiger partial charge is 0.393 e. The van der Waals surface area contributed by atoms with Crippen molar-refractivity contribution >= 4 is 0 Å². The summed E-state index contributed by atoms with van der Waals surface area (Å²) in [6, 6.07) is 0. The first-order valence-corrected chi connectivity index (χ1v) is 3.94. The molecule has 0 aliphatic heterocycles. The van der Waals surface area contributed by atoms with E-state index in [2.05, 4.69) is 0 Å². The van der Waals surface area contributed by atoms with Crippen LogP contribution in [0.2, 0.25) is 0 Å². The summed E-state index contributed by atoms with van der Waals surface area (Å²) in [4.78, 5) is 0. The summed E-state index contributed by atoms with van der Waals surface area (Å²) < 4.78 is 0. The molecule has 0 saturated heterocycles. The van der Waals surface area contributed by atoms with Gasteiger partial charge in [-0.15, -0.1) is 0 Å². The average Bonchev–Trinajstić information content (AvgIpc) is 1.87. The first kappa shape index (κ1) is 14.3. The van der Waals surface area contributed by atoms with Crippen LogP contribution in [-0.2, 0) is 25.8 Å². The molecule has 2 unspecified atom stereocenters. The number of aliphatic hydroxyl groups is 2. The van der Waals surface area contributed by atoms with Crippen molar-refractivity contribution in [2.75, 3.05) is 0 Å². The van der Waals surface area contributed by atoms with Crippen molar-refractivity contribution in [1.29, 1.82) is 0 Å². The molecule has 0 bridgehead atoms. The zero-order valence-corrected chi connectivity index (χ0v) is 9.42. The molecule has 0 rings (SSSR count). The summed E-state index contributed by atoms with van der Waals surface area (Å²) in [5, 5.41) is 18.4. The maximum atomic E-state index is 9.27. The quantitative estimate of drug-likeness (QED) is 0.700. The van der Waals surface area contributed by atoms with Gasteiger partial charge in [0.2, 0.25) is 0 Å². The van der Waals surface area contributed by atoms with Gasteiger partial charge in [-0.05, 0) is 18.8 Å². The number of hydrogen-bond acceptors (Lipinski definition) is 2. The molecule has 0 aromatic heterocycles. The Balaban J connectivity index is 0. The van der Waals surface area contributed by atoms with Crippen molar-refractivity contribution < 1.29 is 36.1 Å². The number of rotatable bonds is 4. The third-order valence-corrected chi connectivity index (χ3v) is 1.75. The van der Waals surface area contributed by atoms with Crippen molar-refractivity contribution in [3.8, 4) is 0 Å². The molecule has 0 aromatic carbocycles. The molecule has 0 aromatic rings. The van der Waals surface area contributed by atoms with E-state index >= 15 is 0 Å². The van der Waals surface area contributed by atoms with E-state index in [1.165, 1.54) is 0 Å². The van der Waals surface area contributed by atoms with Crippen molar-refractivity contribution in [1.82, 2.24) is 0 Å². The number of aliphatic hydroxyl groups excluding tert-OH is 2. The first-order chi connectivity index (χ1) is 4.57. The molecular formula is C8H18O2Sc. The van der Waals surface area contributed by atoms with Gasteiger partial charge in [0.05, 0.1) is 12.2 Å². The molecule has 0 saturated carbocycles. The van der Waals surface area contributed by atoms with Gasteiger partial charge in [0.25, 0.3) is 0 Å². The van der Waals surface area contributed by atoms with Gasteiger partial charge in [0.1, 0.15) is 0 Å². The molecule has 2 nitrogen and oxygen atoms in total. The summed E-state index contributed by atoms with van der Waals surface area (Å²) in [5.74, 6) is 0.251. The Kier molecular flexibility index (Phi) is 9.69. The minimum Gasteiger partial charge on any atom is -0.393 e. The standard InChI is InChI=1S/C8H18O2.Sc/c1-4-7(9)5-8(10)6(2)3;/h6-10H,4-5H2,1-3H3;. The van der Waals surface area contributed by atoms with Gasteiger partial charge in [-0.1, -0.05) is 20.8 Å². The summed E-state index contributed by atoms with van der Waals surface area (Å²) in [5.41, 5.74) is 0. The van der Waals surface area contributed by atoms with Crippen molar-refractivity contribution in [3.63, 3.8) is 0 Å². The van der Waals surface area contributed by atoms with E-state index < -0.39 is 0 Å². The van der Waals surface area contributed by atoms with Gasteiger partial charge in [0, 0.05) is 25.8 Å². The predicted molar refractivity (Wildman–Crippen MR) is 41.8 cm³/mol. The number of hydrogen-bond donors (Lipinski definition) is 2. The molecule has 0 spiro atoms. The van der Waals surface area contributed by atoms with Gasteiger partial charge < -0.3 is 10.2 Å². The van der Waals surface area contributed by atoms with Gasteiger partial charge in [-0.25, -0.2) is 0 Å². The van der Waals surface area contributed by atoms with Crippen molar-refractivity contribution in [2.45, 2.75) is 45.8 Å². The Bertz CT molecular complexity index is 86.2. The summed E-state index contributed by atoms with van der Waals surface area (Å²) in [7, 11) is 0. The first-order valence-electron chi connectivity index (χ1n) is 3.94. The van der Waals surface area contributed by atoms with E-state index in [4.69, 9.17) is 5.11 Å². The van der Waals surface area contributed by atoms with Crippen LogP contribution in [0.5, 0.6) is 0 Å². The van der Waals surface area contributed by atoms with Crippen LogP contribution in [0.3, 0.4) is 0 Å². The van der Waals surface area contributed by atoms with Crippen LogP contribution >= 0.6 is 0 Å².